The fourth-order valence-corrected chi connectivity index (χ4v) is 2.67. The van der Waals surface area contributed by atoms with E-state index in [0.717, 1.165) is 25.9 Å². The lowest BCUT2D eigenvalue weighted by Crippen LogP contribution is -2.28. The number of pyridine rings is 1. The average molecular weight is 298 g/mol. The van der Waals surface area contributed by atoms with Crippen LogP contribution in [0.1, 0.15) is 33.9 Å². The van der Waals surface area contributed by atoms with Crippen LogP contribution in [-0.2, 0) is 0 Å². The van der Waals surface area contributed by atoms with Gasteiger partial charge in [-0.15, -0.1) is 6.58 Å². The highest BCUT2D eigenvalue weighted by atomic mass is 16.2. The van der Waals surface area contributed by atoms with E-state index in [0.29, 0.717) is 17.8 Å². The van der Waals surface area contributed by atoms with Crippen molar-refractivity contribution in [3.05, 3.63) is 48.6 Å². The average Bonchev–Trinajstić information content (AvgIpc) is 3.19. The van der Waals surface area contributed by atoms with Crippen molar-refractivity contribution in [1.29, 1.82) is 0 Å². The molecular weight excluding hydrogens is 280 g/mol. The molecule has 6 heteroatoms. The largest absolute Gasteiger partial charge is 0.346 e. The molecule has 0 aliphatic carbocycles. The molecule has 0 unspecified atom stereocenters. The van der Waals surface area contributed by atoms with Crippen molar-refractivity contribution in [3.63, 3.8) is 0 Å². The Morgan fingerprint density at radius 3 is 2.82 bits per heavy atom. The quantitative estimate of drug-likeness (QED) is 0.870. The van der Waals surface area contributed by atoms with Gasteiger partial charge in [0.15, 0.2) is 5.69 Å². The lowest BCUT2D eigenvalue weighted by molar-refractivity contribution is 0.0789. The van der Waals surface area contributed by atoms with E-state index < -0.39 is 0 Å². The Morgan fingerprint density at radius 1 is 1.32 bits per heavy atom. The zero-order chi connectivity index (χ0) is 15.5. The minimum absolute atomic E-state index is 0.107. The predicted molar refractivity (Wildman–Crippen MR) is 82.9 cm³/mol. The molecule has 114 valence electrons. The lowest BCUT2D eigenvalue weighted by atomic mass is 10.3. The molecule has 0 saturated carbocycles. The van der Waals surface area contributed by atoms with E-state index in [-0.39, 0.29) is 17.6 Å². The van der Waals surface area contributed by atoms with Gasteiger partial charge in [-0.3, -0.25) is 14.0 Å². The van der Waals surface area contributed by atoms with Crippen LogP contribution in [0, 0.1) is 0 Å². The van der Waals surface area contributed by atoms with Crippen molar-refractivity contribution in [3.8, 4) is 0 Å². The lowest BCUT2D eigenvalue weighted by Gasteiger charge is -2.13. The number of fused-ring (bicyclic) bond motifs is 1. The number of hydrogen-bond acceptors (Lipinski definition) is 3. The molecule has 6 nitrogen and oxygen atoms in total. The molecule has 1 N–H and O–H groups in total. The van der Waals surface area contributed by atoms with Crippen LogP contribution in [0.2, 0.25) is 0 Å². The maximum absolute atomic E-state index is 12.6. The summed E-state index contributed by atoms with van der Waals surface area (Å²) in [6.07, 6.45) is 5.38. The molecule has 1 fully saturated rings. The third kappa shape index (κ3) is 2.47. The topological polar surface area (TPSA) is 66.7 Å². The Hall–Kier alpha value is -2.63. The molecule has 3 rings (SSSR count). The summed E-state index contributed by atoms with van der Waals surface area (Å²) in [5.74, 6) is -0.203. The molecule has 0 radical (unpaired) electrons. The first kappa shape index (κ1) is 14.3. The van der Waals surface area contributed by atoms with Gasteiger partial charge in [-0.25, -0.2) is 4.98 Å². The summed E-state index contributed by atoms with van der Waals surface area (Å²) < 4.78 is 1.65. The van der Waals surface area contributed by atoms with Gasteiger partial charge >= 0.3 is 0 Å². The number of amides is 2. The van der Waals surface area contributed by atoms with E-state index in [4.69, 9.17) is 0 Å². The minimum atomic E-state index is -0.318. The van der Waals surface area contributed by atoms with Crippen LogP contribution in [0.3, 0.4) is 0 Å². The van der Waals surface area contributed by atoms with Crippen LogP contribution in [0.15, 0.2) is 37.1 Å². The minimum Gasteiger partial charge on any atom is -0.346 e. The molecule has 0 atom stereocenters. The number of carbonyl (C=O) groups excluding carboxylic acids is 2. The number of hydrogen-bond donors (Lipinski definition) is 1. The molecule has 22 heavy (non-hydrogen) atoms. The summed E-state index contributed by atoms with van der Waals surface area (Å²) in [5.41, 5.74) is 0.995. The van der Waals surface area contributed by atoms with E-state index in [1.165, 1.54) is 0 Å². The second-order valence-corrected chi connectivity index (χ2v) is 5.24. The van der Waals surface area contributed by atoms with Crippen LogP contribution >= 0.6 is 0 Å². The number of nitrogens with one attached hydrogen (secondary N) is 1. The Balaban J connectivity index is 2.01. The molecule has 2 aromatic rings. The summed E-state index contributed by atoms with van der Waals surface area (Å²) in [7, 11) is 0. The van der Waals surface area contributed by atoms with Gasteiger partial charge in [-0.1, -0.05) is 12.1 Å². The van der Waals surface area contributed by atoms with E-state index in [9.17, 15) is 9.59 Å². The molecule has 0 spiro atoms. The highest BCUT2D eigenvalue weighted by Gasteiger charge is 2.26. The maximum Gasteiger partial charge on any atom is 0.287 e. The van der Waals surface area contributed by atoms with Crippen LogP contribution in [0.25, 0.3) is 5.52 Å². The summed E-state index contributed by atoms with van der Waals surface area (Å²) in [6, 6.07) is 5.45. The molecular formula is C16H18N4O2. The smallest absolute Gasteiger partial charge is 0.287 e. The number of likely N-dealkylation sites (tertiary alicyclic amines) is 1. The number of nitrogens with zero attached hydrogens (tertiary/aromatic N) is 3. The summed E-state index contributed by atoms with van der Waals surface area (Å²) >= 11 is 0. The SMILES string of the molecule is C=CCNC(=O)c1nc(C(=O)N2CCCC2)c2ccccn12. The third-order valence-corrected chi connectivity index (χ3v) is 3.75. The third-order valence-electron chi connectivity index (χ3n) is 3.75. The first-order valence-electron chi connectivity index (χ1n) is 7.38. The zero-order valence-corrected chi connectivity index (χ0v) is 12.3. The second kappa shape index (κ2) is 6.01. The molecule has 2 aromatic heterocycles. The van der Waals surface area contributed by atoms with Crippen molar-refractivity contribution >= 4 is 17.3 Å². The fourth-order valence-electron chi connectivity index (χ4n) is 2.67. The number of aromatic nitrogens is 2. The van der Waals surface area contributed by atoms with Crippen LogP contribution in [0.5, 0.6) is 0 Å². The van der Waals surface area contributed by atoms with Crippen LogP contribution in [-0.4, -0.2) is 45.7 Å². The van der Waals surface area contributed by atoms with Gasteiger partial charge in [0, 0.05) is 25.8 Å². The number of imidazole rings is 1. The maximum atomic E-state index is 12.6. The Morgan fingerprint density at radius 2 is 2.09 bits per heavy atom. The summed E-state index contributed by atoms with van der Waals surface area (Å²) in [4.78, 5) is 30.9. The normalized spacial score (nSPS) is 14.3. The van der Waals surface area contributed by atoms with Crippen LogP contribution in [0.4, 0.5) is 0 Å². The van der Waals surface area contributed by atoms with Gasteiger partial charge in [0.05, 0.1) is 5.52 Å². The summed E-state index contributed by atoms with van der Waals surface area (Å²) in [6.45, 7) is 5.43. The van der Waals surface area contributed by atoms with Crippen molar-refractivity contribution in [2.45, 2.75) is 12.8 Å². The van der Waals surface area contributed by atoms with Gasteiger partial charge in [-0.05, 0) is 25.0 Å². The van der Waals surface area contributed by atoms with E-state index in [2.05, 4.69) is 16.9 Å². The van der Waals surface area contributed by atoms with Gasteiger partial charge in [0.1, 0.15) is 0 Å². The fraction of sp³-hybridized carbons (Fsp3) is 0.312. The highest BCUT2D eigenvalue weighted by Crippen LogP contribution is 2.18. The van der Waals surface area contributed by atoms with Gasteiger partial charge < -0.3 is 10.2 Å². The van der Waals surface area contributed by atoms with Gasteiger partial charge in [0.25, 0.3) is 11.8 Å². The first-order chi connectivity index (χ1) is 10.7. The van der Waals surface area contributed by atoms with E-state index in [1.807, 2.05) is 12.1 Å². The van der Waals surface area contributed by atoms with E-state index >= 15 is 0 Å². The second-order valence-electron chi connectivity index (χ2n) is 5.24. The van der Waals surface area contributed by atoms with Crippen LogP contribution < -0.4 is 5.32 Å². The number of carbonyl (C=O) groups is 2. The molecule has 1 aliphatic heterocycles. The molecule has 0 aromatic carbocycles. The van der Waals surface area contributed by atoms with Crippen molar-refractivity contribution in [2.24, 2.45) is 0 Å². The van der Waals surface area contributed by atoms with Gasteiger partial charge in [-0.2, -0.15) is 0 Å². The van der Waals surface area contributed by atoms with Crippen molar-refractivity contribution < 1.29 is 9.59 Å². The first-order valence-corrected chi connectivity index (χ1v) is 7.38. The molecule has 1 aliphatic rings. The standard InChI is InChI=1S/C16H18N4O2/c1-2-8-17-15(21)14-18-13(12-7-3-4-11-20(12)14)16(22)19-9-5-6-10-19/h2-4,7,11H,1,5-6,8-10H2,(H,17,21). The Bertz CT molecular complexity index is 729. The monoisotopic (exact) mass is 298 g/mol. The van der Waals surface area contributed by atoms with Gasteiger partial charge in [0.2, 0.25) is 5.82 Å². The molecule has 2 amide bonds. The Labute approximate surface area is 128 Å². The zero-order valence-electron chi connectivity index (χ0n) is 12.3. The number of rotatable bonds is 4. The highest BCUT2D eigenvalue weighted by molar-refractivity contribution is 6.02. The van der Waals surface area contributed by atoms with E-state index in [1.54, 1.807) is 27.6 Å². The summed E-state index contributed by atoms with van der Waals surface area (Å²) in [5, 5.41) is 2.70. The Kier molecular flexibility index (Phi) is 3.91. The molecule has 0 bridgehead atoms. The molecule has 1 saturated heterocycles. The van der Waals surface area contributed by atoms with Crippen molar-refractivity contribution in [2.75, 3.05) is 19.6 Å². The van der Waals surface area contributed by atoms with Crippen molar-refractivity contribution in [1.82, 2.24) is 19.6 Å². The molecule has 3 heterocycles. The predicted octanol–water partition coefficient (Wildman–Crippen LogP) is 1.49.